The second-order valence-corrected chi connectivity index (χ2v) is 6.23. The molecule has 1 heterocycles. The number of aliphatic hydroxyl groups excluding tert-OH is 1. The highest BCUT2D eigenvalue weighted by Gasteiger charge is 2.38. The lowest BCUT2D eigenvalue weighted by Crippen LogP contribution is -2.33. The van der Waals surface area contributed by atoms with Crippen LogP contribution in [0.1, 0.15) is 37.4 Å². The van der Waals surface area contributed by atoms with Crippen LogP contribution in [0.5, 0.6) is 5.75 Å². The van der Waals surface area contributed by atoms with Crippen molar-refractivity contribution in [2.24, 2.45) is 11.8 Å². The Labute approximate surface area is 125 Å². The van der Waals surface area contributed by atoms with E-state index in [0.29, 0.717) is 23.1 Å². The predicted octanol–water partition coefficient (Wildman–Crippen LogP) is 2.38. The molecule has 1 aliphatic heterocycles. The van der Waals surface area contributed by atoms with Gasteiger partial charge < -0.3 is 14.7 Å². The van der Waals surface area contributed by atoms with Gasteiger partial charge in [0.15, 0.2) is 6.10 Å². The highest BCUT2D eigenvalue weighted by atomic mass is 16.5. The molecule has 4 heteroatoms. The number of aliphatic hydroxyl groups is 1. The SMILES string of the molecule is COc1cccc(C(O)C(=O)N2CC3CCCCC3C2)c1. The molecule has 2 fully saturated rings. The van der Waals surface area contributed by atoms with Crippen LogP contribution in [0, 0.1) is 11.8 Å². The van der Waals surface area contributed by atoms with E-state index in [4.69, 9.17) is 4.74 Å². The Hall–Kier alpha value is -1.55. The normalized spacial score (nSPS) is 26.3. The topological polar surface area (TPSA) is 49.8 Å². The number of carbonyl (C=O) groups is 1. The molecule has 0 spiro atoms. The monoisotopic (exact) mass is 289 g/mol. The van der Waals surface area contributed by atoms with Crippen molar-refractivity contribution in [2.45, 2.75) is 31.8 Å². The van der Waals surface area contributed by atoms with Crippen LogP contribution >= 0.6 is 0 Å². The fraction of sp³-hybridized carbons (Fsp3) is 0.588. The van der Waals surface area contributed by atoms with Crippen molar-refractivity contribution < 1.29 is 14.6 Å². The fourth-order valence-electron chi connectivity index (χ4n) is 3.71. The van der Waals surface area contributed by atoms with Gasteiger partial charge in [-0.15, -0.1) is 0 Å². The molecule has 3 atom stereocenters. The minimum atomic E-state index is -1.08. The molecule has 1 amide bonds. The number of hydrogen-bond donors (Lipinski definition) is 1. The average molecular weight is 289 g/mol. The van der Waals surface area contributed by atoms with Gasteiger partial charge in [-0.2, -0.15) is 0 Å². The zero-order valence-electron chi connectivity index (χ0n) is 12.5. The molecule has 0 bridgehead atoms. The Bertz CT molecular complexity index is 503. The summed E-state index contributed by atoms with van der Waals surface area (Å²) in [7, 11) is 1.58. The lowest BCUT2D eigenvalue weighted by atomic mass is 9.82. The van der Waals surface area contributed by atoms with Crippen molar-refractivity contribution in [3.8, 4) is 5.75 Å². The first kappa shape index (κ1) is 14.4. The first-order valence-electron chi connectivity index (χ1n) is 7.80. The molecule has 1 saturated heterocycles. The minimum absolute atomic E-state index is 0.169. The number of nitrogens with zero attached hydrogens (tertiary/aromatic N) is 1. The molecule has 4 nitrogen and oxygen atoms in total. The largest absolute Gasteiger partial charge is 0.497 e. The van der Waals surface area contributed by atoms with Crippen molar-refractivity contribution in [3.63, 3.8) is 0 Å². The minimum Gasteiger partial charge on any atom is -0.497 e. The molecule has 2 aliphatic rings. The molecular weight excluding hydrogens is 266 g/mol. The van der Waals surface area contributed by atoms with Gasteiger partial charge in [-0.1, -0.05) is 25.0 Å². The van der Waals surface area contributed by atoms with E-state index < -0.39 is 6.10 Å². The van der Waals surface area contributed by atoms with Crippen LogP contribution in [0.3, 0.4) is 0 Å². The van der Waals surface area contributed by atoms with E-state index in [1.165, 1.54) is 25.7 Å². The van der Waals surface area contributed by atoms with Crippen LogP contribution < -0.4 is 4.74 Å². The summed E-state index contributed by atoms with van der Waals surface area (Å²) in [6, 6.07) is 7.11. The number of likely N-dealkylation sites (tertiary alicyclic amines) is 1. The van der Waals surface area contributed by atoms with Gasteiger partial charge in [0, 0.05) is 13.1 Å². The number of fused-ring (bicyclic) bond motifs is 1. The van der Waals surface area contributed by atoms with Gasteiger partial charge in [-0.05, 0) is 42.4 Å². The van der Waals surface area contributed by atoms with Gasteiger partial charge in [0.2, 0.25) is 0 Å². The van der Waals surface area contributed by atoms with Gasteiger partial charge in [0.05, 0.1) is 7.11 Å². The van der Waals surface area contributed by atoms with Crippen molar-refractivity contribution in [3.05, 3.63) is 29.8 Å². The van der Waals surface area contributed by atoms with Gasteiger partial charge in [0.1, 0.15) is 5.75 Å². The van der Waals surface area contributed by atoms with Gasteiger partial charge in [-0.3, -0.25) is 4.79 Å². The molecule has 3 unspecified atom stereocenters. The standard InChI is InChI=1S/C17H23NO3/c1-21-15-8-4-7-12(9-15)16(19)17(20)18-10-13-5-2-3-6-14(13)11-18/h4,7-9,13-14,16,19H,2-3,5-6,10-11H2,1H3. The lowest BCUT2D eigenvalue weighted by Gasteiger charge is -2.22. The fourth-order valence-corrected chi connectivity index (χ4v) is 3.71. The van der Waals surface area contributed by atoms with Crippen LogP contribution in [0.4, 0.5) is 0 Å². The molecule has 3 rings (SSSR count). The molecule has 21 heavy (non-hydrogen) atoms. The van der Waals surface area contributed by atoms with E-state index in [0.717, 1.165) is 13.1 Å². The van der Waals surface area contributed by atoms with Crippen LogP contribution in [-0.4, -0.2) is 36.1 Å². The van der Waals surface area contributed by atoms with Gasteiger partial charge in [-0.25, -0.2) is 0 Å². The zero-order valence-corrected chi connectivity index (χ0v) is 12.5. The molecule has 114 valence electrons. The van der Waals surface area contributed by atoms with Crippen molar-refractivity contribution in [1.82, 2.24) is 4.90 Å². The summed E-state index contributed by atoms with van der Waals surface area (Å²) in [4.78, 5) is 14.4. The first-order chi connectivity index (χ1) is 10.2. The van der Waals surface area contributed by atoms with Crippen molar-refractivity contribution in [2.75, 3.05) is 20.2 Å². The maximum atomic E-state index is 12.5. The number of carbonyl (C=O) groups excluding carboxylic acids is 1. The number of rotatable bonds is 3. The molecule has 1 saturated carbocycles. The molecule has 0 aromatic heterocycles. The Morgan fingerprint density at radius 3 is 2.57 bits per heavy atom. The van der Waals surface area contributed by atoms with Crippen LogP contribution in [-0.2, 0) is 4.79 Å². The molecular formula is C17H23NO3. The maximum Gasteiger partial charge on any atom is 0.256 e. The van der Waals surface area contributed by atoms with Crippen molar-refractivity contribution in [1.29, 1.82) is 0 Å². The number of hydrogen-bond acceptors (Lipinski definition) is 3. The summed E-state index contributed by atoms with van der Waals surface area (Å²) >= 11 is 0. The third kappa shape index (κ3) is 2.91. The van der Waals surface area contributed by atoms with Crippen LogP contribution in [0.25, 0.3) is 0 Å². The summed E-state index contributed by atoms with van der Waals surface area (Å²) in [6.45, 7) is 1.62. The number of methoxy groups -OCH3 is 1. The number of ether oxygens (including phenoxy) is 1. The summed E-state index contributed by atoms with van der Waals surface area (Å²) in [6.07, 6.45) is 3.93. The smallest absolute Gasteiger partial charge is 0.256 e. The Morgan fingerprint density at radius 2 is 1.95 bits per heavy atom. The lowest BCUT2D eigenvalue weighted by molar-refractivity contribution is -0.139. The zero-order chi connectivity index (χ0) is 14.8. The predicted molar refractivity (Wildman–Crippen MR) is 80.0 cm³/mol. The van der Waals surface area contributed by atoms with E-state index >= 15 is 0 Å². The Balaban J connectivity index is 1.69. The molecule has 1 aliphatic carbocycles. The molecule has 0 radical (unpaired) electrons. The Kier molecular flexibility index (Phi) is 4.15. The second-order valence-electron chi connectivity index (χ2n) is 6.23. The third-order valence-corrected chi connectivity index (χ3v) is 4.93. The Morgan fingerprint density at radius 1 is 1.29 bits per heavy atom. The summed E-state index contributed by atoms with van der Waals surface area (Å²) < 4.78 is 5.15. The third-order valence-electron chi connectivity index (χ3n) is 4.93. The van der Waals surface area contributed by atoms with Crippen LogP contribution in [0.2, 0.25) is 0 Å². The number of benzene rings is 1. The van der Waals surface area contributed by atoms with E-state index in [1.54, 1.807) is 25.3 Å². The highest BCUT2D eigenvalue weighted by Crippen LogP contribution is 2.37. The van der Waals surface area contributed by atoms with E-state index in [-0.39, 0.29) is 5.91 Å². The van der Waals surface area contributed by atoms with Gasteiger partial charge >= 0.3 is 0 Å². The van der Waals surface area contributed by atoms with Gasteiger partial charge in [0.25, 0.3) is 5.91 Å². The summed E-state index contributed by atoms with van der Waals surface area (Å²) in [5.41, 5.74) is 0.606. The average Bonchev–Trinajstić information content (AvgIpc) is 2.97. The summed E-state index contributed by atoms with van der Waals surface area (Å²) in [5.74, 6) is 1.77. The van der Waals surface area contributed by atoms with Crippen molar-refractivity contribution >= 4 is 5.91 Å². The van der Waals surface area contributed by atoms with E-state index in [9.17, 15) is 9.90 Å². The summed E-state index contributed by atoms with van der Waals surface area (Å²) in [5, 5.41) is 10.4. The molecule has 1 N–H and O–H groups in total. The highest BCUT2D eigenvalue weighted by molar-refractivity contribution is 5.82. The number of amides is 1. The molecule has 1 aromatic carbocycles. The second kappa shape index (κ2) is 6.06. The first-order valence-corrected chi connectivity index (χ1v) is 7.80. The quantitative estimate of drug-likeness (QED) is 0.929. The van der Waals surface area contributed by atoms with Crippen LogP contribution in [0.15, 0.2) is 24.3 Å². The van der Waals surface area contributed by atoms with E-state index in [2.05, 4.69) is 0 Å². The van der Waals surface area contributed by atoms with E-state index in [1.807, 2.05) is 11.0 Å². The molecule has 1 aromatic rings. The maximum absolute atomic E-state index is 12.5.